The topological polar surface area (TPSA) is 83.1 Å². The summed E-state index contributed by atoms with van der Waals surface area (Å²) in [5.41, 5.74) is 0. The van der Waals surface area contributed by atoms with Gasteiger partial charge in [0.2, 0.25) is 0 Å². The molecule has 0 aliphatic heterocycles. The van der Waals surface area contributed by atoms with E-state index >= 15 is 0 Å². The molecule has 0 saturated heterocycles. The molecule has 64 valence electrons. The van der Waals surface area contributed by atoms with Crippen LogP contribution in [-0.2, 0) is 9.59 Å². The first-order chi connectivity index (χ1) is 5.63. The highest BCUT2D eigenvalue weighted by Crippen LogP contribution is 2.11. The maximum atomic E-state index is 10.8. The zero-order valence-electron chi connectivity index (χ0n) is 6.44. The van der Waals surface area contributed by atoms with Crippen LogP contribution in [0.1, 0.15) is 18.7 Å². The summed E-state index contributed by atoms with van der Waals surface area (Å²) >= 11 is 0. The van der Waals surface area contributed by atoms with Crippen molar-refractivity contribution in [3.05, 3.63) is 18.2 Å². The molecular formula is C7H8N2O3. The van der Waals surface area contributed by atoms with Gasteiger partial charge in [0.1, 0.15) is 5.82 Å². The minimum atomic E-state index is -1.18. The predicted octanol–water partition coefficient (Wildman–Crippen LogP) is 0.167. The van der Waals surface area contributed by atoms with E-state index < -0.39 is 17.7 Å². The Labute approximate surface area is 68.4 Å². The molecule has 2 N–H and O–H groups in total. The Morgan fingerprint density at radius 3 is 2.67 bits per heavy atom. The summed E-state index contributed by atoms with van der Waals surface area (Å²) < 4.78 is 0. The van der Waals surface area contributed by atoms with Crippen LogP contribution in [-0.4, -0.2) is 26.8 Å². The first-order valence-electron chi connectivity index (χ1n) is 3.35. The summed E-state index contributed by atoms with van der Waals surface area (Å²) in [6, 6.07) is 0. The van der Waals surface area contributed by atoms with Crippen LogP contribution in [0.2, 0.25) is 0 Å². The molecule has 1 heterocycles. The van der Waals surface area contributed by atoms with E-state index in [4.69, 9.17) is 5.11 Å². The van der Waals surface area contributed by atoms with E-state index in [9.17, 15) is 9.59 Å². The lowest BCUT2D eigenvalue weighted by Gasteiger charge is -2.03. The van der Waals surface area contributed by atoms with Gasteiger partial charge in [-0.05, 0) is 6.92 Å². The third kappa shape index (κ3) is 1.50. The summed E-state index contributed by atoms with van der Waals surface area (Å²) in [5, 5.41) is 8.63. The minimum absolute atomic E-state index is 0.176. The first-order valence-corrected chi connectivity index (χ1v) is 3.35. The zero-order valence-corrected chi connectivity index (χ0v) is 6.44. The lowest BCUT2D eigenvalue weighted by Crippen LogP contribution is -2.20. The van der Waals surface area contributed by atoms with Gasteiger partial charge in [-0.1, -0.05) is 0 Å². The van der Waals surface area contributed by atoms with E-state index in [1.807, 2.05) is 0 Å². The number of rotatable bonds is 3. The second kappa shape index (κ2) is 3.17. The number of hydrogen-bond donors (Lipinski definition) is 2. The maximum absolute atomic E-state index is 10.8. The number of hydrogen-bond acceptors (Lipinski definition) is 3. The summed E-state index contributed by atoms with van der Waals surface area (Å²) in [5.74, 6) is -2.61. The quantitative estimate of drug-likeness (QED) is 0.630. The number of carboxylic acid groups (broad SMARTS) is 1. The predicted molar refractivity (Wildman–Crippen MR) is 39.6 cm³/mol. The Morgan fingerprint density at radius 1 is 1.67 bits per heavy atom. The highest BCUT2D eigenvalue weighted by Gasteiger charge is 2.26. The average molecular weight is 168 g/mol. The zero-order chi connectivity index (χ0) is 9.14. The molecule has 1 rings (SSSR count). The summed E-state index contributed by atoms with van der Waals surface area (Å²) in [6.07, 6.45) is 2.89. The standard InChI is InChI=1S/C7H8N2O3/c1-4(10)5(7(11)12)6-8-2-3-9-6/h2-3,5H,1H3,(H,8,9)(H,11,12). The molecule has 1 aromatic heterocycles. The largest absolute Gasteiger partial charge is 0.480 e. The van der Waals surface area contributed by atoms with Crippen molar-refractivity contribution >= 4 is 11.8 Å². The Kier molecular flexibility index (Phi) is 2.23. The van der Waals surface area contributed by atoms with E-state index in [-0.39, 0.29) is 5.82 Å². The van der Waals surface area contributed by atoms with Crippen LogP contribution >= 0.6 is 0 Å². The Morgan fingerprint density at radius 2 is 2.33 bits per heavy atom. The van der Waals surface area contributed by atoms with Crippen molar-refractivity contribution < 1.29 is 14.7 Å². The van der Waals surface area contributed by atoms with Crippen LogP contribution in [0.15, 0.2) is 12.4 Å². The molecule has 0 saturated carbocycles. The van der Waals surface area contributed by atoms with Crippen molar-refractivity contribution in [1.29, 1.82) is 0 Å². The van der Waals surface area contributed by atoms with Gasteiger partial charge in [-0.2, -0.15) is 0 Å². The average Bonchev–Trinajstić information content (AvgIpc) is 2.37. The number of Topliss-reactive ketones (excluding diaryl/α,β-unsaturated/α-hetero) is 1. The smallest absolute Gasteiger partial charge is 0.321 e. The Hall–Kier alpha value is -1.65. The molecule has 1 aromatic rings. The van der Waals surface area contributed by atoms with E-state index in [0.29, 0.717) is 0 Å². The number of carbonyl (C=O) groups is 2. The van der Waals surface area contributed by atoms with Crippen molar-refractivity contribution in [3.8, 4) is 0 Å². The van der Waals surface area contributed by atoms with Crippen molar-refractivity contribution in [3.63, 3.8) is 0 Å². The molecule has 5 heteroatoms. The van der Waals surface area contributed by atoms with Crippen molar-refractivity contribution in [1.82, 2.24) is 9.97 Å². The van der Waals surface area contributed by atoms with E-state index in [0.717, 1.165) is 0 Å². The fourth-order valence-corrected chi connectivity index (χ4v) is 0.919. The van der Waals surface area contributed by atoms with Gasteiger partial charge in [0.05, 0.1) is 0 Å². The van der Waals surface area contributed by atoms with Gasteiger partial charge in [-0.25, -0.2) is 4.98 Å². The second-order valence-electron chi connectivity index (χ2n) is 2.36. The highest BCUT2D eigenvalue weighted by atomic mass is 16.4. The SMILES string of the molecule is CC(=O)C(C(=O)O)c1ncc[nH]1. The number of nitrogens with one attached hydrogen (secondary N) is 1. The van der Waals surface area contributed by atoms with Crippen LogP contribution in [0, 0.1) is 0 Å². The normalized spacial score (nSPS) is 12.4. The molecule has 0 spiro atoms. The van der Waals surface area contributed by atoms with Crippen molar-refractivity contribution in [2.75, 3.05) is 0 Å². The number of aromatic amines is 1. The molecule has 0 aliphatic carbocycles. The molecule has 0 amide bonds. The highest BCUT2D eigenvalue weighted by molar-refractivity contribution is 6.01. The second-order valence-corrected chi connectivity index (χ2v) is 2.36. The van der Waals surface area contributed by atoms with Crippen LogP contribution in [0.4, 0.5) is 0 Å². The lowest BCUT2D eigenvalue weighted by molar-refractivity contribution is -0.142. The monoisotopic (exact) mass is 168 g/mol. The van der Waals surface area contributed by atoms with Gasteiger partial charge in [0.15, 0.2) is 11.7 Å². The van der Waals surface area contributed by atoms with E-state index in [1.54, 1.807) is 0 Å². The third-order valence-corrected chi connectivity index (χ3v) is 1.45. The molecule has 0 fully saturated rings. The minimum Gasteiger partial charge on any atom is -0.480 e. The number of aliphatic carboxylic acids is 1. The van der Waals surface area contributed by atoms with Crippen molar-refractivity contribution in [2.24, 2.45) is 0 Å². The van der Waals surface area contributed by atoms with Gasteiger partial charge in [0.25, 0.3) is 0 Å². The molecule has 0 radical (unpaired) electrons. The van der Waals surface area contributed by atoms with E-state index in [1.165, 1.54) is 19.3 Å². The van der Waals surface area contributed by atoms with Crippen LogP contribution in [0.3, 0.4) is 0 Å². The number of aromatic nitrogens is 2. The van der Waals surface area contributed by atoms with Gasteiger partial charge in [-0.15, -0.1) is 0 Å². The molecule has 1 unspecified atom stereocenters. The van der Waals surface area contributed by atoms with Crippen LogP contribution in [0.25, 0.3) is 0 Å². The summed E-state index contributed by atoms with van der Waals surface area (Å²) in [4.78, 5) is 27.7. The van der Waals surface area contributed by atoms with Gasteiger partial charge in [0, 0.05) is 12.4 Å². The molecule has 5 nitrogen and oxygen atoms in total. The Balaban J connectivity index is 2.96. The van der Waals surface area contributed by atoms with Gasteiger partial charge in [-0.3, -0.25) is 9.59 Å². The number of nitrogens with zero attached hydrogens (tertiary/aromatic N) is 1. The Bertz CT molecular complexity index is 278. The summed E-state index contributed by atoms with van der Waals surface area (Å²) in [7, 11) is 0. The molecule has 12 heavy (non-hydrogen) atoms. The van der Waals surface area contributed by atoms with Crippen LogP contribution < -0.4 is 0 Å². The molecular weight excluding hydrogens is 160 g/mol. The van der Waals surface area contributed by atoms with Gasteiger partial charge >= 0.3 is 5.97 Å². The fourth-order valence-electron chi connectivity index (χ4n) is 0.919. The third-order valence-electron chi connectivity index (χ3n) is 1.45. The molecule has 0 aliphatic rings. The number of carbonyl (C=O) groups excluding carboxylic acids is 1. The number of carboxylic acids is 1. The number of imidazole rings is 1. The van der Waals surface area contributed by atoms with Gasteiger partial charge < -0.3 is 10.1 Å². The molecule has 0 aromatic carbocycles. The summed E-state index contributed by atoms with van der Waals surface area (Å²) in [6.45, 7) is 1.22. The molecule has 0 bridgehead atoms. The lowest BCUT2D eigenvalue weighted by atomic mass is 10.1. The fraction of sp³-hybridized carbons (Fsp3) is 0.286. The molecule has 1 atom stereocenters. The number of H-pyrrole nitrogens is 1. The maximum Gasteiger partial charge on any atom is 0.321 e. The van der Waals surface area contributed by atoms with Crippen LogP contribution in [0.5, 0.6) is 0 Å². The van der Waals surface area contributed by atoms with Crippen molar-refractivity contribution in [2.45, 2.75) is 12.8 Å². The first kappa shape index (κ1) is 8.45. The number of ketones is 1. The van der Waals surface area contributed by atoms with E-state index in [2.05, 4.69) is 9.97 Å².